The van der Waals surface area contributed by atoms with E-state index in [9.17, 15) is 4.79 Å². The molecule has 0 unspecified atom stereocenters. The molecule has 1 aliphatic rings. The molecule has 22 heavy (non-hydrogen) atoms. The van der Waals surface area contributed by atoms with Gasteiger partial charge in [-0.1, -0.05) is 6.58 Å². The molecule has 1 fully saturated rings. The van der Waals surface area contributed by atoms with Crippen molar-refractivity contribution >= 4 is 28.0 Å². The van der Waals surface area contributed by atoms with Crippen molar-refractivity contribution in [1.29, 1.82) is 0 Å². The molecule has 0 saturated heterocycles. The third-order valence-corrected chi connectivity index (χ3v) is 4.06. The number of carbonyl (C=O) groups excluding carboxylic acids is 1. The lowest BCUT2D eigenvalue weighted by Gasteiger charge is -2.09. The highest BCUT2D eigenvalue weighted by atomic mass is 16.2. The van der Waals surface area contributed by atoms with E-state index in [1.165, 1.54) is 0 Å². The first kappa shape index (κ1) is 13.1. The van der Waals surface area contributed by atoms with E-state index in [1.807, 2.05) is 18.6 Å². The lowest BCUT2D eigenvalue weighted by molar-refractivity contribution is -0.121. The molecule has 0 radical (unpaired) electrons. The van der Waals surface area contributed by atoms with E-state index in [4.69, 9.17) is 0 Å². The van der Waals surface area contributed by atoms with Gasteiger partial charge in [-0.15, -0.1) is 0 Å². The number of hydrogen-bond acceptors (Lipinski definition) is 3. The average Bonchev–Trinajstić information content (AvgIpc) is 3.11. The first-order valence-corrected chi connectivity index (χ1v) is 7.48. The number of pyridine rings is 1. The van der Waals surface area contributed by atoms with Gasteiger partial charge in [0.1, 0.15) is 11.2 Å². The summed E-state index contributed by atoms with van der Waals surface area (Å²) in [6, 6.07) is 2.01. The predicted octanol–water partition coefficient (Wildman–Crippen LogP) is 2.34. The fourth-order valence-electron chi connectivity index (χ4n) is 2.68. The molecule has 1 amide bonds. The number of fused-ring (bicyclic) bond motifs is 3. The Kier molecular flexibility index (Phi) is 2.96. The molecular weight excluding hydrogens is 278 g/mol. The SMILES string of the molecule is C=C(CCn1cnc2cnc3[nH]ccc3c21)NC(=O)C1CC1. The van der Waals surface area contributed by atoms with E-state index < -0.39 is 0 Å². The van der Waals surface area contributed by atoms with Gasteiger partial charge in [0.15, 0.2) is 0 Å². The molecule has 2 N–H and O–H groups in total. The maximum absolute atomic E-state index is 11.7. The van der Waals surface area contributed by atoms with Gasteiger partial charge in [-0.25, -0.2) is 9.97 Å². The molecule has 0 spiro atoms. The minimum Gasteiger partial charge on any atom is -0.346 e. The van der Waals surface area contributed by atoms with Crippen LogP contribution in [-0.2, 0) is 11.3 Å². The zero-order valence-corrected chi connectivity index (χ0v) is 12.2. The quantitative estimate of drug-likeness (QED) is 0.758. The topological polar surface area (TPSA) is 75.6 Å². The Balaban J connectivity index is 1.52. The number of hydrogen-bond donors (Lipinski definition) is 2. The maximum Gasteiger partial charge on any atom is 0.227 e. The number of allylic oxidation sites excluding steroid dienone is 1. The number of aryl methyl sites for hydroxylation is 1. The Morgan fingerprint density at radius 2 is 2.32 bits per heavy atom. The van der Waals surface area contributed by atoms with Crippen LogP contribution in [0.4, 0.5) is 0 Å². The van der Waals surface area contributed by atoms with Gasteiger partial charge in [0.25, 0.3) is 0 Å². The number of imidazole rings is 1. The fourth-order valence-corrected chi connectivity index (χ4v) is 2.68. The van der Waals surface area contributed by atoms with E-state index in [0.717, 1.165) is 47.2 Å². The second-order valence-corrected chi connectivity index (χ2v) is 5.79. The Morgan fingerprint density at radius 3 is 3.14 bits per heavy atom. The van der Waals surface area contributed by atoms with Crippen molar-refractivity contribution in [2.45, 2.75) is 25.8 Å². The van der Waals surface area contributed by atoms with Crippen LogP contribution in [0.15, 0.2) is 37.1 Å². The Hall–Kier alpha value is -2.63. The molecule has 0 aliphatic heterocycles. The number of amides is 1. The van der Waals surface area contributed by atoms with Gasteiger partial charge >= 0.3 is 0 Å². The van der Waals surface area contributed by atoms with Crippen LogP contribution in [0.1, 0.15) is 19.3 Å². The van der Waals surface area contributed by atoms with Crippen LogP contribution in [-0.4, -0.2) is 25.4 Å². The summed E-state index contributed by atoms with van der Waals surface area (Å²) in [7, 11) is 0. The summed E-state index contributed by atoms with van der Waals surface area (Å²) in [5, 5.41) is 3.96. The van der Waals surface area contributed by atoms with Crippen LogP contribution in [0, 0.1) is 5.92 Å². The minimum atomic E-state index is 0.109. The van der Waals surface area contributed by atoms with Gasteiger partial charge in [0, 0.05) is 36.2 Å². The largest absolute Gasteiger partial charge is 0.346 e. The molecule has 3 aromatic heterocycles. The van der Waals surface area contributed by atoms with E-state index in [0.29, 0.717) is 6.42 Å². The van der Waals surface area contributed by atoms with Crippen molar-refractivity contribution in [3.8, 4) is 0 Å². The zero-order valence-electron chi connectivity index (χ0n) is 12.2. The smallest absolute Gasteiger partial charge is 0.227 e. The highest BCUT2D eigenvalue weighted by Gasteiger charge is 2.29. The maximum atomic E-state index is 11.7. The molecule has 3 heterocycles. The van der Waals surface area contributed by atoms with Crippen molar-refractivity contribution in [1.82, 2.24) is 24.8 Å². The third kappa shape index (κ3) is 2.26. The van der Waals surface area contributed by atoms with Crippen LogP contribution in [0.25, 0.3) is 22.1 Å². The number of rotatable bonds is 5. The minimum absolute atomic E-state index is 0.109. The lowest BCUT2D eigenvalue weighted by atomic mass is 10.2. The summed E-state index contributed by atoms with van der Waals surface area (Å²) in [6.07, 6.45) is 8.16. The summed E-state index contributed by atoms with van der Waals surface area (Å²) in [4.78, 5) is 23.6. The van der Waals surface area contributed by atoms with Crippen molar-refractivity contribution in [3.05, 3.63) is 37.1 Å². The summed E-state index contributed by atoms with van der Waals surface area (Å²) >= 11 is 0. The zero-order chi connectivity index (χ0) is 15.1. The summed E-state index contributed by atoms with van der Waals surface area (Å²) in [5.41, 5.74) is 3.56. The van der Waals surface area contributed by atoms with E-state index in [-0.39, 0.29) is 11.8 Å². The van der Waals surface area contributed by atoms with Crippen LogP contribution in [0.2, 0.25) is 0 Å². The van der Waals surface area contributed by atoms with E-state index in [2.05, 4.69) is 31.4 Å². The van der Waals surface area contributed by atoms with Crippen LogP contribution in [0.5, 0.6) is 0 Å². The fraction of sp³-hybridized carbons (Fsp3) is 0.312. The summed E-state index contributed by atoms with van der Waals surface area (Å²) in [6.45, 7) is 4.68. The number of carbonyl (C=O) groups is 1. The molecule has 1 aliphatic carbocycles. The highest BCUT2D eigenvalue weighted by Crippen LogP contribution is 2.29. The average molecular weight is 295 g/mol. The van der Waals surface area contributed by atoms with Gasteiger partial charge in [0.05, 0.1) is 18.0 Å². The van der Waals surface area contributed by atoms with Gasteiger partial charge in [-0.2, -0.15) is 0 Å². The van der Waals surface area contributed by atoms with Crippen LogP contribution < -0.4 is 5.32 Å². The molecule has 112 valence electrons. The van der Waals surface area contributed by atoms with Crippen LogP contribution in [0.3, 0.4) is 0 Å². The summed E-state index contributed by atoms with van der Waals surface area (Å²) < 4.78 is 2.08. The number of nitrogens with zero attached hydrogens (tertiary/aromatic N) is 3. The van der Waals surface area contributed by atoms with Crippen LogP contribution >= 0.6 is 0 Å². The third-order valence-electron chi connectivity index (χ3n) is 4.06. The van der Waals surface area contributed by atoms with Crippen molar-refractivity contribution in [3.63, 3.8) is 0 Å². The normalized spacial score (nSPS) is 14.5. The number of nitrogens with one attached hydrogen (secondary N) is 2. The Morgan fingerprint density at radius 1 is 1.45 bits per heavy atom. The number of H-pyrrole nitrogens is 1. The van der Waals surface area contributed by atoms with Crippen molar-refractivity contribution in [2.24, 2.45) is 5.92 Å². The second-order valence-electron chi connectivity index (χ2n) is 5.79. The first-order chi connectivity index (χ1) is 10.7. The predicted molar refractivity (Wildman–Crippen MR) is 84.0 cm³/mol. The molecular formula is C16H17N5O. The van der Waals surface area contributed by atoms with Gasteiger partial charge < -0.3 is 14.9 Å². The molecule has 0 atom stereocenters. The van der Waals surface area contributed by atoms with Crippen molar-refractivity contribution < 1.29 is 4.79 Å². The molecule has 6 nitrogen and oxygen atoms in total. The molecule has 4 rings (SSSR count). The molecule has 1 saturated carbocycles. The molecule has 3 aromatic rings. The second kappa shape index (κ2) is 4.98. The Labute approximate surface area is 127 Å². The molecule has 0 aromatic carbocycles. The monoisotopic (exact) mass is 295 g/mol. The van der Waals surface area contributed by atoms with Gasteiger partial charge in [0.2, 0.25) is 5.91 Å². The van der Waals surface area contributed by atoms with Crippen molar-refractivity contribution in [2.75, 3.05) is 0 Å². The summed E-state index contributed by atoms with van der Waals surface area (Å²) in [5.74, 6) is 0.314. The molecule has 6 heteroatoms. The first-order valence-electron chi connectivity index (χ1n) is 7.48. The number of aromatic nitrogens is 4. The van der Waals surface area contributed by atoms with E-state index >= 15 is 0 Å². The number of aromatic amines is 1. The lowest BCUT2D eigenvalue weighted by Crippen LogP contribution is -2.24. The highest BCUT2D eigenvalue weighted by molar-refractivity contribution is 6.00. The standard InChI is InChI=1S/C16H17N5O/c1-10(20-16(22)11-2-3-11)5-7-21-9-19-13-8-18-15-12(14(13)21)4-6-17-15/h4,6,8-9,11H,1-3,5,7H2,(H,17,18)(H,20,22). The van der Waals surface area contributed by atoms with Gasteiger partial charge in [-0.3, -0.25) is 4.79 Å². The molecule has 0 bridgehead atoms. The van der Waals surface area contributed by atoms with E-state index in [1.54, 1.807) is 6.20 Å². The van der Waals surface area contributed by atoms with Gasteiger partial charge in [-0.05, 0) is 18.9 Å². The Bertz CT molecular complexity index is 871.